The third-order valence-electron chi connectivity index (χ3n) is 0.660. The second-order valence-corrected chi connectivity index (χ2v) is 1.26. The predicted octanol–water partition coefficient (Wildman–Crippen LogP) is -1.58. The number of methoxy groups -OCH3 is 1. The maximum atomic E-state index is 10.4. The van der Waals surface area contributed by atoms with E-state index < -0.39 is 5.97 Å². The van der Waals surface area contributed by atoms with Gasteiger partial charge in [0.15, 0.2) is 0 Å². The maximum Gasteiger partial charge on any atom is 0.355 e. The molecular formula is C4H9N3O2. The Morgan fingerprint density at radius 3 is 2.67 bits per heavy atom. The molecule has 0 aromatic rings. The van der Waals surface area contributed by atoms with E-state index in [1.807, 2.05) is 0 Å². The van der Waals surface area contributed by atoms with E-state index in [0.717, 1.165) is 6.20 Å². The minimum Gasteiger partial charge on any atom is -0.464 e. The lowest BCUT2D eigenvalue weighted by atomic mass is 10.5. The summed E-state index contributed by atoms with van der Waals surface area (Å²) in [5.74, 6) is 4.20. The summed E-state index contributed by atoms with van der Waals surface area (Å²) >= 11 is 0. The Kier molecular flexibility index (Phi) is 3.22. The Hall–Kier alpha value is -1.23. The van der Waals surface area contributed by atoms with Crippen molar-refractivity contribution in [1.29, 1.82) is 0 Å². The fourth-order valence-electron chi connectivity index (χ4n) is 0.267. The number of hydrogen-bond donors (Lipinski definition) is 3. The van der Waals surface area contributed by atoms with Crippen LogP contribution in [0, 0.1) is 0 Å². The van der Waals surface area contributed by atoms with E-state index in [-0.39, 0.29) is 5.70 Å². The van der Waals surface area contributed by atoms with Gasteiger partial charge in [-0.1, -0.05) is 0 Å². The number of nitrogens with one attached hydrogen (secondary N) is 1. The first-order valence-electron chi connectivity index (χ1n) is 2.22. The minimum atomic E-state index is -0.604. The van der Waals surface area contributed by atoms with Crippen LogP contribution < -0.4 is 17.0 Å². The number of hydrazine groups is 1. The van der Waals surface area contributed by atoms with Crippen LogP contribution in [0.2, 0.25) is 0 Å². The lowest BCUT2D eigenvalue weighted by molar-refractivity contribution is -0.136. The molecule has 0 saturated carbocycles. The molecule has 0 radical (unpaired) electrons. The topological polar surface area (TPSA) is 90.4 Å². The molecule has 5 heteroatoms. The van der Waals surface area contributed by atoms with Crippen molar-refractivity contribution < 1.29 is 9.53 Å². The van der Waals surface area contributed by atoms with E-state index >= 15 is 0 Å². The molecule has 0 unspecified atom stereocenters. The van der Waals surface area contributed by atoms with Gasteiger partial charge in [-0.15, -0.1) is 0 Å². The van der Waals surface area contributed by atoms with Crippen molar-refractivity contribution in [2.75, 3.05) is 7.11 Å². The van der Waals surface area contributed by atoms with Gasteiger partial charge in [-0.25, -0.2) is 4.79 Å². The van der Waals surface area contributed by atoms with Crippen molar-refractivity contribution in [3.05, 3.63) is 11.9 Å². The van der Waals surface area contributed by atoms with Crippen molar-refractivity contribution in [1.82, 2.24) is 5.43 Å². The molecule has 0 bridgehead atoms. The second-order valence-electron chi connectivity index (χ2n) is 1.26. The number of esters is 1. The van der Waals surface area contributed by atoms with Crippen molar-refractivity contribution in [3.8, 4) is 0 Å². The predicted molar refractivity (Wildman–Crippen MR) is 31.6 cm³/mol. The summed E-state index contributed by atoms with van der Waals surface area (Å²) in [5, 5.41) is 0. The van der Waals surface area contributed by atoms with E-state index in [1.165, 1.54) is 7.11 Å². The highest BCUT2D eigenvalue weighted by Gasteiger charge is 2.01. The molecule has 0 aromatic heterocycles. The highest BCUT2D eigenvalue weighted by atomic mass is 16.5. The van der Waals surface area contributed by atoms with Crippen LogP contribution in [0.1, 0.15) is 0 Å². The highest BCUT2D eigenvalue weighted by molar-refractivity contribution is 5.86. The Morgan fingerprint density at radius 2 is 2.33 bits per heavy atom. The molecule has 52 valence electrons. The quantitative estimate of drug-likeness (QED) is 0.182. The molecule has 0 aliphatic rings. The normalized spacial score (nSPS) is 10.7. The van der Waals surface area contributed by atoms with Gasteiger partial charge in [0, 0.05) is 6.20 Å². The van der Waals surface area contributed by atoms with Crippen LogP contribution in [0.4, 0.5) is 0 Å². The van der Waals surface area contributed by atoms with Crippen molar-refractivity contribution in [2.45, 2.75) is 0 Å². The van der Waals surface area contributed by atoms with E-state index in [0.29, 0.717) is 0 Å². The monoisotopic (exact) mass is 131 g/mol. The Morgan fingerprint density at radius 1 is 1.78 bits per heavy atom. The maximum absolute atomic E-state index is 10.4. The average molecular weight is 131 g/mol. The number of carbonyl (C=O) groups is 1. The largest absolute Gasteiger partial charge is 0.464 e. The van der Waals surface area contributed by atoms with Crippen LogP contribution in [-0.2, 0) is 9.53 Å². The highest BCUT2D eigenvalue weighted by Crippen LogP contribution is 1.82. The fraction of sp³-hybridized carbons (Fsp3) is 0.250. The van der Waals surface area contributed by atoms with Crippen LogP contribution >= 0.6 is 0 Å². The van der Waals surface area contributed by atoms with Gasteiger partial charge >= 0.3 is 5.97 Å². The molecule has 0 aliphatic heterocycles. The van der Waals surface area contributed by atoms with Gasteiger partial charge < -0.3 is 15.9 Å². The zero-order valence-electron chi connectivity index (χ0n) is 5.05. The Labute approximate surface area is 52.6 Å². The molecule has 0 rings (SSSR count). The molecule has 0 spiro atoms. The zero-order chi connectivity index (χ0) is 7.28. The molecule has 5 N–H and O–H groups in total. The number of ether oxygens (including phenoxy) is 1. The molecule has 0 fully saturated rings. The SMILES string of the molecule is COC(=O)/C(N)=C/NN. The van der Waals surface area contributed by atoms with E-state index in [2.05, 4.69) is 10.2 Å². The molecule has 0 amide bonds. The fourth-order valence-corrected chi connectivity index (χ4v) is 0.267. The molecule has 0 heterocycles. The lowest BCUT2D eigenvalue weighted by Crippen LogP contribution is -2.21. The Balaban J connectivity index is 3.86. The first-order chi connectivity index (χ1) is 4.22. The third-order valence-corrected chi connectivity index (χ3v) is 0.660. The average Bonchev–Trinajstić information content (AvgIpc) is 1.87. The van der Waals surface area contributed by atoms with E-state index in [4.69, 9.17) is 11.6 Å². The molecule has 0 atom stereocenters. The summed E-state index contributed by atoms with van der Waals surface area (Å²) in [6, 6.07) is 0. The minimum absolute atomic E-state index is 0.0556. The number of carbonyl (C=O) groups excluding carboxylic acids is 1. The van der Waals surface area contributed by atoms with Crippen LogP contribution in [0.3, 0.4) is 0 Å². The molecule has 0 aliphatic carbocycles. The summed E-state index contributed by atoms with van der Waals surface area (Å²) in [5.41, 5.74) is 7.12. The van der Waals surface area contributed by atoms with Gasteiger partial charge in [-0.2, -0.15) is 0 Å². The van der Waals surface area contributed by atoms with Crippen LogP contribution in [0.15, 0.2) is 11.9 Å². The first kappa shape index (κ1) is 7.77. The second kappa shape index (κ2) is 3.73. The molecule has 0 aromatic carbocycles. The molecular weight excluding hydrogens is 122 g/mol. The van der Waals surface area contributed by atoms with Crippen LogP contribution in [0.25, 0.3) is 0 Å². The number of rotatable bonds is 2. The van der Waals surface area contributed by atoms with E-state index in [1.54, 1.807) is 0 Å². The molecule has 0 saturated heterocycles. The van der Waals surface area contributed by atoms with Gasteiger partial charge in [-0.05, 0) is 0 Å². The number of hydrogen-bond acceptors (Lipinski definition) is 5. The summed E-state index contributed by atoms with van der Waals surface area (Å²) in [6.45, 7) is 0. The van der Waals surface area contributed by atoms with Crippen molar-refractivity contribution in [3.63, 3.8) is 0 Å². The summed E-state index contributed by atoms with van der Waals surface area (Å²) < 4.78 is 4.24. The first-order valence-corrected chi connectivity index (χ1v) is 2.22. The summed E-state index contributed by atoms with van der Waals surface area (Å²) in [4.78, 5) is 10.4. The van der Waals surface area contributed by atoms with Gasteiger partial charge in [0.1, 0.15) is 5.70 Å². The van der Waals surface area contributed by atoms with Crippen molar-refractivity contribution in [2.24, 2.45) is 11.6 Å². The van der Waals surface area contributed by atoms with Crippen molar-refractivity contribution >= 4 is 5.97 Å². The summed E-state index contributed by atoms with van der Waals surface area (Å²) in [6.07, 6.45) is 1.14. The van der Waals surface area contributed by atoms with Gasteiger partial charge in [0.2, 0.25) is 0 Å². The summed E-state index contributed by atoms with van der Waals surface area (Å²) in [7, 11) is 1.24. The zero-order valence-corrected chi connectivity index (χ0v) is 5.05. The lowest BCUT2D eigenvalue weighted by Gasteiger charge is -1.96. The standard InChI is InChI=1S/C4H9N3O2/c1-9-4(8)3(5)2-7-6/h2,7H,5-6H2,1H3/b3-2-. The molecule has 9 heavy (non-hydrogen) atoms. The van der Waals surface area contributed by atoms with Crippen LogP contribution in [0.5, 0.6) is 0 Å². The van der Waals surface area contributed by atoms with E-state index in [9.17, 15) is 4.79 Å². The van der Waals surface area contributed by atoms with Crippen LogP contribution in [-0.4, -0.2) is 13.1 Å². The smallest absolute Gasteiger partial charge is 0.355 e. The van der Waals surface area contributed by atoms with Gasteiger partial charge in [0.05, 0.1) is 7.11 Å². The van der Waals surface area contributed by atoms with Gasteiger partial charge in [-0.3, -0.25) is 5.84 Å². The number of nitrogens with two attached hydrogens (primary N) is 2. The van der Waals surface area contributed by atoms with Gasteiger partial charge in [0.25, 0.3) is 0 Å². The Bertz CT molecular complexity index is 132. The molecule has 5 nitrogen and oxygen atoms in total. The third kappa shape index (κ3) is 2.55.